The Kier molecular flexibility index (Phi) is 4.25. The fourth-order valence-electron chi connectivity index (χ4n) is 2.69. The van der Waals surface area contributed by atoms with E-state index < -0.39 is 0 Å². The number of amides is 1. The highest BCUT2D eigenvalue weighted by Gasteiger charge is 2.29. The Hall–Kier alpha value is -1.35. The second-order valence-corrected chi connectivity index (χ2v) is 5.77. The zero-order chi connectivity index (χ0) is 14.0. The lowest BCUT2D eigenvalue weighted by Crippen LogP contribution is -2.56. The fraction of sp³-hybridized carbons (Fsp3) is 0.562. The van der Waals surface area contributed by atoms with E-state index in [2.05, 4.69) is 44.9 Å². The SMILES string of the molecule is Cc1ccccc1CC(=O)N1CC(C)N(C)C(C)C1. The van der Waals surface area contributed by atoms with Gasteiger partial charge in [0.05, 0.1) is 6.42 Å². The van der Waals surface area contributed by atoms with Crippen molar-refractivity contribution in [2.24, 2.45) is 0 Å². The Balaban J connectivity index is 2.03. The number of aryl methyl sites for hydroxylation is 1. The molecule has 0 bridgehead atoms. The van der Waals surface area contributed by atoms with Crippen LogP contribution in [0.2, 0.25) is 0 Å². The third kappa shape index (κ3) is 3.16. The van der Waals surface area contributed by atoms with Crippen LogP contribution in [-0.2, 0) is 11.2 Å². The molecule has 0 aliphatic carbocycles. The summed E-state index contributed by atoms with van der Waals surface area (Å²) in [6, 6.07) is 9.01. The molecule has 3 heteroatoms. The fourth-order valence-corrected chi connectivity index (χ4v) is 2.69. The first kappa shape index (κ1) is 14.1. The first-order chi connectivity index (χ1) is 8.99. The number of rotatable bonds is 2. The molecule has 0 aromatic heterocycles. The topological polar surface area (TPSA) is 23.6 Å². The summed E-state index contributed by atoms with van der Waals surface area (Å²) in [5, 5.41) is 0. The maximum atomic E-state index is 12.4. The zero-order valence-electron chi connectivity index (χ0n) is 12.4. The van der Waals surface area contributed by atoms with E-state index >= 15 is 0 Å². The van der Waals surface area contributed by atoms with E-state index in [1.165, 1.54) is 5.56 Å². The van der Waals surface area contributed by atoms with Gasteiger partial charge in [-0.2, -0.15) is 0 Å². The number of likely N-dealkylation sites (N-methyl/N-ethyl adjacent to an activating group) is 1. The van der Waals surface area contributed by atoms with Crippen LogP contribution in [0.3, 0.4) is 0 Å². The normalized spacial score (nSPS) is 24.5. The van der Waals surface area contributed by atoms with E-state index in [1.807, 2.05) is 17.0 Å². The minimum absolute atomic E-state index is 0.251. The molecule has 1 aromatic rings. The van der Waals surface area contributed by atoms with Crippen molar-refractivity contribution >= 4 is 5.91 Å². The second-order valence-electron chi connectivity index (χ2n) is 5.77. The van der Waals surface area contributed by atoms with Crippen LogP contribution in [0.15, 0.2) is 24.3 Å². The van der Waals surface area contributed by atoms with Crippen LogP contribution in [0.5, 0.6) is 0 Å². The summed E-state index contributed by atoms with van der Waals surface area (Å²) >= 11 is 0. The van der Waals surface area contributed by atoms with E-state index in [9.17, 15) is 4.79 Å². The number of nitrogens with zero attached hydrogens (tertiary/aromatic N) is 2. The number of hydrogen-bond acceptors (Lipinski definition) is 2. The van der Waals surface area contributed by atoms with Gasteiger partial charge in [-0.3, -0.25) is 9.69 Å². The van der Waals surface area contributed by atoms with E-state index in [0.29, 0.717) is 18.5 Å². The van der Waals surface area contributed by atoms with E-state index in [4.69, 9.17) is 0 Å². The smallest absolute Gasteiger partial charge is 0.227 e. The molecule has 2 rings (SSSR count). The molecule has 1 amide bonds. The van der Waals surface area contributed by atoms with Gasteiger partial charge in [0.1, 0.15) is 0 Å². The summed E-state index contributed by atoms with van der Waals surface area (Å²) in [4.78, 5) is 16.8. The number of hydrogen-bond donors (Lipinski definition) is 0. The Labute approximate surface area is 116 Å². The van der Waals surface area contributed by atoms with Crippen molar-refractivity contribution in [2.45, 2.75) is 39.3 Å². The molecule has 0 N–H and O–H groups in total. The van der Waals surface area contributed by atoms with Gasteiger partial charge in [0, 0.05) is 25.2 Å². The van der Waals surface area contributed by atoms with Gasteiger partial charge in [0.25, 0.3) is 0 Å². The van der Waals surface area contributed by atoms with Crippen molar-refractivity contribution in [1.82, 2.24) is 9.80 Å². The van der Waals surface area contributed by atoms with Crippen LogP contribution >= 0.6 is 0 Å². The molecule has 1 heterocycles. The number of carbonyl (C=O) groups is 1. The average molecular weight is 260 g/mol. The molecule has 1 aliphatic heterocycles. The van der Waals surface area contributed by atoms with Gasteiger partial charge in [-0.1, -0.05) is 24.3 Å². The molecule has 104 valence electrons. The molecule has 19 heavy (non-hydrogen) atoms. The molecule has 2 atom stereocenters. The van der Waals surface area contributed by atoms with Gasteiger partial charge in [0.2, 0.25) is 5.91 Å². The molecular weight excluding hydrogens is 236 g/mol. The van der Waals surface area contributed by atoms with Crippen LogP contribution in [-0.4, -0.2) is 47.9 Å². The van der Waals surface area contributed by atoms with E-state index in [1.54, 1.807) is 0 Å². The zero-order valence-corrected chi connectivity index (χ0v) is 12.4. The first-order valence-electron chi connectivity index (χ1n) is 7.03. The third-order valence-electron chi connectivity index (χ3n) is 4.32. The molecule has 0 spiro atoms. The minimum Gasteiger partial charge on any atom is -0.339 e. The number of piperazine rings is 1. The molecule has 1 fully saturated rings. The van der Waals surface area contributed by atoms with Crippen LogP contribution in [0.25, 0.3) is 0 Å². The van der Waals surface area contributed by atoms with Crippen LogP contribution in [0.4, 0.5) is 0 Å². The number of carbonyl (C=O) groups excluding carboxylic acids is 1. The van der Waals surface area contributed by atoms with Crippen LogP contribution < -0.4 is 0 Å². The molecule has 3 nitrogen and oxygen atoms in total. The lowest BCUT2D eigenvalue weighted by atomic mass is 10.0. The quantitative estimate of drug-likeness (QED) is 0.813. The first-order valence-corrected chi connectivity index (χ1v) is 7.03. The monoisotopic (exact) mass is 260 g/mol. The highest BCUT2D eigenvalue weighted by molar-refractivity contribution is 5.79. The van der Waals surface area contributed by atoms with Crippen LogP contribution in [0.1, 0.15) is 25.0 Å². The number of benzene rings is 1. The maximum absolute atomic E-state index is 12.4. The highest BCUT2D eigenvalue weighted by atomic mass is 16.2. The van der Waals surface area contributed by atoms with Crippen molar-refractivity contribution in [3.05, 3.63) is 35.4 Å². The summed E-state index contributed by atoms with van der Waals surface area (Å²) in [7, 11) is 2.14. The average Bonchev–Trinajstić information content (AvgIpc) is 2.38. The minimum atomic E-state index is 0.251. The summed E-state index contributed by atoms with van der Waals surface area (Å²) < 4.78 is 0. The summed E-state index contributed by atoms with van der Waals surface area (Å²) in [5.74, 6) is 0.251. The van der Waals surface area contributed by atoms with Gasteiger partial charge in [-0.05, 0) is 38.9 Å². The van der Waals surface area contributed by atoms with Gasteiger partial charge >= 0.3 is 0 Å². The Morgan fingerprint density at radius 3 is 2.37 bits per heavy atom. The van der Waals surface area contributed by atoms with E-state index in [0.717, 1.165) is 18.7 Å². The Morgan fingerprint density at radius 1 is 1.21 bits per heavy atom. The molecule has 1 saturated heterocycles. The van der Waals surface area contributed by atoms with Crippen molar-refractivity contribution in [1.29, 1.82) is 0 Å². The van der Waals surface area contributed by atoms with Crippen LogP contribution in [0, 0.1) is 6.92 Å². The molecule has 0 radical (unpaired) electrons. The summed E-state index contributed by atoms with van der Waals surface area (Å²) in [6.07, 6.45) is 0.524. The van der Waals surface area contributed by atoms with Gasteiger partial charge < -0.3 is 4.90 Å². The maximum Gasteiger partial charge on any atom is 0.227 e. The van der Waals surface area contributed by atoms with Gasteiger partial charge in [0.15, 0.2) is 0 Å². The molecule has 1 aliphatic rings. The third-order valence-corrected chi connectivity index (χ3v) is 4.32. The lowest BCUT2D eigenvalue weighted by Gasteiger charge is -2.42. The lowest BCUT2D eigenvalue weighted by molar-refractivity contribution is -0.134. The summed E-state index contributed by atoms with van der Waals surface area (Å²) in [5.41, 5.74) is 2.35. The largest absolute Gasteiger partial charge is 0.339 e. The van der Waals surface area contributed by atoms with Crippen molar-refractivity contribution < 1.29 is 4.79 Å². The predicted molar refractivity (Wildman–Crippen MR) is 78.2 cm³/mol. The highest BCUT2D eigenvalue weighted by Crippen LogP contribution is 2.16. The Morgan fingerprint density at radius 2 is 1.79 bits per heavy atom. The molecular formula is C16H24N2O. The van der Waals surface area contributed by atoms with Crippen molar-refractivity contribution in [3.8, 4) is 0 Å². The molecule has 0 saturated carbocycles. The van der Waals surface area contributed by atoms with E-state index in [-0.39, 0.29) is 5.91 Å². The molecule has 1 aromatic carbocycles. The second kappa shape index (κ2) is 5.74. The Bertz CT molecular complexity index is 446. The van der Waals surface area contributed by atoms with Gasteiger partial charge in [-0.25, -0.2) is 0 Å². The summed E-state index contributed by atoms with van der Waals surface area (Å²) in [6.45, 7) is 8.11. The molecule has 2 unspecified atom stereocenters. The van der Waals surface area contributed by atoms with Crippen molar-refractivity contribution in [3.63, 3.8) is 0 Å². The van der Waals surface area contributed by atoms with Crippen molar-refractivity contribution in [2.75, 3.05) is 20.1 Å². The predicted octanol–water partition coefficient (Wildman–Crippen LogP) is 2.09. The van der Waals surface area contributed by atoms with Gasteiger partial charge in [-0.15, -0.1) is 0 Å². The standard InChI is InChI=1S/C16H24N2O/c1-12-7-5-6-8-15(12)9-16(19)18-10-13(2)17(4)14(3)11-18/h5-8,13-14H,9-11H2,1-4H3.